The molecule has 0 aliphatic heterocycles. The molecular weight excluding hydrogens is 324 g/mol. The minimum Gasteiger partial charge on any atom is -0.508 e. The fraction of sp³-hybridized carbons (Fsp3) is 0.200. The summed E-state index contributed by atoms with van der Waals surface area (Å²) in [6.07, 6.45) is -10.9. The molecule has 23 heavy (non-hydrogen) atoms. The Kier molecular flexibility index (Phi) is 3.24. The van der Waals surface area contributed by atoms with Gasteiger partial charge in [-0.25, -0.2) is 0 Å². The molecular formula is C15H9F6NO. The fourth-order valence-electron chi connectivity index (χ4n) is 2.65. The van der Waals surface area contributed by atoms with E-state index in [1.165, 1.54) is 24.3 Å². The van der Waals surface area contributed by atoms with Crippen molar-refractivity contribution in [1.29, 1.82) is 0 Å². The van der Waals surface area contributed by atoms with Gasteiger partial charge in [-0.15, -0.1) is 0 Å². The molecule has 2 N–H and O–H groups in total. The number of H-pyrrole nitrogens is 1. The average Bonchev–Trinajstić information content (AvgIpc) is 2.73. The van der Waals surface area contributed by atoms with Crippen molar-refractivity contribution in [3.05, 3.63) is 42.0 Å². The minimum absolute atomic E-state index is 0.132. The number of rotatable bonds is 1. The highest BCUT2D eigenvalue weighted by molar-refractivity contribution is 6.07. The van der Waals surface area contributed by atoms with E-state index in [0.29, 0.717) is 16.4 Å². The maximum absolute atomic E-state index is 12.8. The van der Waals surface area contributed by atoms with Crippen molar-refractivity contribution < 1.29 is 31.4 Å². The standard InChI is InChI=1S/C15H9F6NO/c16-14(17,18)13(15(19,20)21)7-1-3-11-9(5-7)10-6-8(23)2-4-12(10)22-11/h1-6,13,22-23H. The van der Waals surface area contributed by atoms with Crippen molar-refractivity contribution in [3.63, 3.8) is 0 Å². The van der Waals surface area contributed by atoms with E-state index >= 15 is 0 Å². The molecule has 0 saturated heterocycles. The van der Waals surface area contributed by atoms with E-state index in [9.17, 15) is 31.4 Å². The number of phenols is 1. The van der Waals surface area contributed by atoms with Crippen LogP contribution in [0.25, 0.3) is 21.8 Å². The predicted octanol–water partition coefficient (Wildman–Crippen LogP) is 5.23. The van der Waals surface area contributed by atoms with Crippen molar-refractivity contribution >= 4 is 21.8 Å². The van der Waals surface area contributed by atoms with Gasteiger partial charge in [-0.3, -0.25) is 0 Å². The van der Waals surface area contributed by atoms with Crippen LogP contribution in [0.2, 0.25) is 0 Å². The van der Waals surface area contributed by atoms with Gasteiger partial charge in [0.2, 0.25) is 0 Å². The van der Waals surface area contributed by atoms with Crippen molar-refractivity contribution in [2.24, 2.45) is 0 Å². The van der Waals surface area contributed by atoms with Crippen LogP contribution < -0.4 is 0 Å². The Morgan fingerprint density at radius 3 is 1.87 bits per heavy atom. The molecule has 0 aliphatic rings. The number of aromatic amines is 1. The molecule has 1 heterocycles. The van der Waals surface area contributed by atoms with E-state index < -0.39 is 23.8 Å². The molecule has 0 atom stereocenters. The molecule has 2 nitrogen and oxygen atoms in total. The number of phenolic OH excluding ortho intramolecular Hbond substituents is 1. The van der Waals surface area contributed by atoms with Gasteiger partial charge in [0, 0.05) is 21.8 Å². The van der Waals surface area contributed by atoms with Crippen LogP contribution in [0.1, 0.15) is 11.5 Å². The van der Waals surface area contributed by atoms with Gasteiger partial charge >= 0.3 is 12.4 Å². The Morgan fingerprint density at radius 2 is 1.30 bits per heavy atom. The van der Waals surface area contributed by atoms with Crippen LogP contribution in [0, 0.1) is 0 Å². The van der Waals surface area contributed by atoms with Gasteiger partial charge in [0.25, 0.3) is 0 Å². The molecule has 0 fully saturated rings. The molecule has 3 aromatic rings. The number of hydrogen-bond donors (Lipinski definition) is 2. The van der Waals surface area contributed by atoms with E-state index in [1.54, 1.807) is 0 Å². The first kappa shape index (κ1) is 15.5. The summed E-state index contributed by atoms with van der Waals surface area (Å²) in [5.41, 5.74) is 0.00436. The Morgan fingerprint density at radius 1 is 0.783 bits per heavy atom. The number of aromatic nitrogens is 1. The highest BCUT2D eigenvalue weighted by atomic mass is 19.4. The molecule has 0 saturated carbocycles. The van der Waals surface area contributed by atoms with Gasteiger partial charge in [-0.2, -0.15) is 26.3 Å². The van der Waals surface area contributed by atoms with Crippen LogP contribution in [0.5, 0.6) is 5.75 Å². The molecule has 3 rings (SSSR count). The zero-order chi connectivity index (χ0) is 17.0. The number of halogens is 6. The molecule has 2 aromatic carbocycles. The van der Waals surface area contributed by atoms with E-state index in [-0.39, 0.29) is 11.1 Å². The summed E-state index contributed by atoms with van der Waals surface area (Å²) in [6, 6.07) is 6.99. The summed E-state index contributed by atoms with van der Waals surface area (Å²) in [7, 11) is 0. The maximum atomic E-state index is 12.8. The summed E-state index contributed by atoms with van der Waals surface area (Å²) in [6.45, 7) is 0. The minimum atomic E-state index is -5.44. The summed E-state index contributed by atoms with van der Waals surface area (Å²) in [4.78, 5) is 2.88. The second-order valence-electron chi connectivity index (χ2n) is 5.18. The van der Waals surface area contributed by atoms with E-state index in [1.807, 2.05) is 0 Å². The zero-order valence-electron chi connectivity index (χ0n) is 11.3. The first-order valence-corrected chi connectivity index (χ1v) is 6.45. The number of fused-ring (bicyclic) bond motifs is 3. The van der Waals surface area contributed by atoms with Crippen LogP contribution in [0.4, 0.5) is 26.3 Å². The molecule has 0 radical (unpaired) electrons. The van der Waals surface area contributed by atoms with E-state index in [0.717, 1.165) is 12.1 Å². The van der Waals surface area contributed by atoms with Crippen molar-refractivity contribution in [3.8, 4) is 5.75 Å². The predicted molar refractivity (Wildman–Crippen MR) is 72.3 cm³/mol. The number of aromatic hydroxyl groups is 1. The molecule has 1 aromatic heterocycles. The van der Waals surface area contributed by atoms with E-state index in [4.69, 9.17) is 0 Å². The van der Waals surface area contributed by atoms with Gasteiger partial charge in [0.1, 0.15) is 5.75 Å². The second kappa shape index (κ2) is 4.81. The third-order valence-electron chi connectivity index (χ3n) is 3.59. The quantitative estimate of drug-likeness (QED) is 0.587. The Bertz CT molecular complexity index is 863. The van der Waals surface area contributed by atoms with Crippen LogP contribution >= 0.6 is 0 Å². The summed E-state index contributed by atoms with van der Waals surface area (Å²) in [5, 5.41) is 10.0. The van der Waals surface area contributed by atoms with Crippen molar-refractivity contribution in [2.45, 2.75) is 18.3 Å². The largest absolute Gasteiger partial charge is 0.508 e. The smallest absolute Gasteiger partial charge is 0.404 e. The number of nitrogens with one attached hydrogen (secondary N) is 1. The Hall–Kier alpha value is -2.38. The molecule has 122 valence electrons. The molecule has 8 heteroatoms. The second-order valence-corrected chi connectivity index (χ2v) is 5.18. The summed E-state index contributed by atoms with van der Waals surface area (Å²) < 4.78 is 77.0. The summed E-state index contributed by atoms with van der Waals surface area (Å²) >= 11 is 0. The van der Waals surface area contributed by atoms with Gasteiger partial charge in [-0.1, -0.05) is 6.07 Å². The molecule has 0 aliphatic carbocycles. The maximum Gasteiger partial charge on any atom is 0.404 e. The van der Waals surface area contributed by atoms with Gasteiger partial charge < -0.3 is 10.1 Å². The SMILES string of the molecule is Oc1ccc2[nH]c3ccc(C(C(F)(F)F)C(F)(F)F)cc3c2c1. The average molecular weight is 333 g/mol. The normalized spacial score (nSPS) is 13.3. The fourth-order valence-corrected chi connectivity index (χ4v) is 2.65. The monoisotopic (exact) mass is 333 g/mol. The van der Waals surface area contributed by atoms with Crippen LogP contribution in [-0.4, -0.2) is 22.4 Å². The Labute approximate surface area is 125 Å². The topological polar surface area (TPSA) is 36.0 Å². The highest BCUT2D eigenvalue weighted by Crippen LogP contribution is 2.47. The van der Waals surface area contributed by atoms with Crippen molar-refractivity contribution in [2.75, 3.05) is 0 Å². The molecule has 0 bridgehead atoms. The lowest BCUT2D eigenvalue weighted by atomic mass is 9.96. The van der Waals surface area contributed by atoms with Crippen molar-refractivity contribution in [1.82, 2.24) is 4.98 Å². The third kappa shape index (κ3) is 2.69. The lowest BCUT2D eigenvalue weighted by Crippen LogP contribution is -2.34. The molecule has 0 unspecified atom stereocenters. The summed E-state index contributed by atoms with van der Waals surface area (Å²) in [5.74, 6) is -3.69. The first-order valence-electron chi connectivity index (χ1n) is 6.45. The lowest BCUT2D eigenvalue weighted by Gasteiger charge is -2.23. The van der Waals surface area contributed by atoms with Gasteiger partial charge in [-0.05, 0) is 35.9 Å². The Balaban J connectivity index is 2.26. The van der Waals surface area contributed by atoms with Crippen LogP contribution in [0.15, 0.2) is 36.4 Å². The van der Waals surface area contributed by atoms with Gasteiger partial charge in [0.05, 0.1) is 0 Å². The third-order valence-corrected chi connectivity index (χ3v) is 3.59. The highest BCUT2D eigenvalue weighted by Gasteiger charge is 2.57. The zero-order valence-corrected chi connectivity index (χ0v) is 11.3. The number of alkyl halides is 6. The number of benzene rings is 2. The van der Waals surface area contributed by atoms with E-state index in [2.05, 4.69) is 4.98 Å². The van der Waals surface area contributed by atoms with Crippen LogP contribution in [0.3, 0.4) is 0 Å². The van der Waals surface area contributed by atoms with Gasteiger partial charge in [0.15, 0.2) is 5.92 Å². The molecule has 0 amide bonds. The number of hydrogen-bond acceptors (Lipinski definition) is 1. The lowest BCUT2D eigenvalue weighted by molar-refractivity contribution is -0.253. The first-order chi connectivity index (χ1) is 10.6. The molecule has 0 spiro atoms. The van der Waals surface area contributed by atoms with Crippen LogP contribution in [-0.2, 0) is 0 Å².